The molecule has 0 spiro atoms. The minimum atomic E-state index is -0.864. The third kappa shape index (κ3) is 4.41. The number of esters is 1. The number of aryl methyl sites for hydroxylation is 1. The van der Waals surface area contributed by atoms with Crippen LogP contribution in [0.25, 0.3) is 22.2 Å². The molecule has 1 aromatic heterocycles. The highest BCUT2D eigenvalue weighted by Crippen LogP contribution is 2.28. The highest BCUT2D eigenvalue weighted by Gasteiger charge is 2.25. The van der Waals surface area contributed by atoms with Gasteiger partial charge < -0.3 is 4.74 Å². The Morgan fingerprint density at radius 1 is 0.969 bits per heavy atom. The number of Topliss-reactive ketones (excluding diaryl/α,β-unsaturated/α-hetero) is 1. The van der Waals surface area contributed by atoms with Crippen LogP contribution < -0.4 is 0 Å². The smallest absolute Gasteiger partial charge is 0.339 e. The third-order valence-electron chi connectivity index (χ3n) is 5.37. The number of benzene rings is 3. The van der Waals surface area contributed by atoms with Crippen molar-refractivity contribution in [3.63, 3.8) is 0 Å². The molecule has 0 aliphatic carbocycles. The normalized spacial score (nSPS) is 11.8. The molecule has 0 amide bonds. The van der Waals surface area contributed by atoms with E-state index < -0.39 is 12.1 Å². The minimum absolute atomic E-state index is 0.214. The van der Waals surface area contributed by atoms with Crippen LogP contribution in [-0.2, 0) is 4.74 Å². The zero-order valence-corrected chi connectivity index (χ0v) is 18.6. The predicted octanol–water partition coefficient (Wildman–Crippen LogP) is 6.68. The molecule has 0 unspecified atom stereocenters. The van der Waals surface area contributed by atoms with Crippen molar-refractivity contribution >= 4 is 34.3 Å². The van der Waals surface area contributed by atoms with Crippen LogP contribution in [0.5, 0.6) is 0 Å². The number of pyridine rings is 1. The zero-order chi connectivity index (χ0) is 22.7. The highest BCUT2D eigenvalue weighted by molar-refractivity contribution is 6.30. The van der Waals surface area contributed by atoms with Gasteiger partial charge in [0.2, 0.25) is 5.78 Å². The van der Waals surface area contributed by atoms with Gasteiger partial charge in [0, 0.05) is 21.5 Å². The van der Waals surface area contributed by atoms with E-state index in [1.165, 1.54) is 0 Å². The lowest BCUT2D eigenvalue weighted by Crippen LogP contribution is -2.27. The maximum Gasteiger partial charge on any atom is 0.339 e. The standard InChI is InChI=1S/C27H22ClNO3/c1-3-24(26(30)19-9-5-4-6-10-19)32-27(31)22-16-23(18-12-14-20(28)15-13-18)29-25-17(2)8-7-11-21(22)25/h4-16,24H,3H2,1-2H3/t24-/m0/s1. The summed E-state index contributed by atoms with van der Waals surface area (Å²) in [6, 6.07) is 23.5. The number of hydrogen-bond donors (Lipinski definition) is 0. The van der Waals surface area contributed by atoms with Crippen molar-refractivity contribution in [1.29, 1.82) is 0 Å². The maximum atomic E-state index is 13.3. The number of hydrogen-bond acceptors (Lipinski definition) is 4. The van der Waals surface area contributed by atoms with Gasteiger partial charge >= 0.3 is 5.97 Å². The summed E-state index contributed by atoms with van der Waals surface area (Å²) in [4.78, 5) is 30.9. The first-order chi connectivity index (χ1) is 15.5. The Balaban J connectivity index is 1.75. The quantitative estimate of drug-likeness (QED) is 0.246. The van der Waals surface area contributed by atoms with Crippen molar-refractivity contribution in [1.82, 2.24) is 4.98 Å². The first-order valence-corrected chi connectivity index (χ1v) is 10.8. The van der Waals surface area contributed by atoms with Crippen LogP contribution in [0, 0.1) is 6.92 Å². The molecular formula is C27H22ClNO3. The summed E-state index contributed by atoms with van der Waals surface area (Å²) < 4.78 is 5.72. The lowest BCUT2D eigenvalue weighted by molar-refractivity contribution is 0.0279. The Hall–Kier alpha value is -3.50. The Labute approximate surface area is 191 Å². The second-order valence-electron chi connectivity index (χ2n) is 7.57. The van der Waals surface area contributed by atoms with E-state index in [9.17, 15) is 9.59 Å². The van der Waals surface area contributed by atoms with Gasteiger partial charge in [-0.1, -0.05) is 79.2 Å². The van der Waals surface area contributed by atoms with Crippen molar-refractivity contribution in [2.75, 3.05) is 0 Å². The fraction of sp³-hybridized carbons (Fsp3) is 0.148. The van der Waals surface area contributed by atoms with E-state index >= 15 is 0 Å². The molecule has 32 heavy (non-hydrogen) atoms. The lowest BCUT2D eigenvalue weighted by Gasteiger charge is -2.17. The van der Waals surface area contributed by atoms with Gasteiger partial charge in [-0.25, -0.2) is 9.78 Å². The minimum Gasteiger partial charge on any atom is -0.450 e. The lowest BCUT2D eigenvalue weighted by atomic mass is 10.0. The molecule has 5 heteroatoms. The SMILES string of the molecule is CC[C@H](OC(=O)c1cc(-c2ccc(Cl)cc2)nc2c(C)cccc12)C(=O)c1ccccc1. The molecule has 0 N–H and O–H groups in total. The van der Waals surface area contributed by atoms with E-state index in [-0.39, 0.29) is 5.78 Å². The predicted molar refractivity (Wildman–Crippen MR) is 127 cm³/mol. The highest BCUT2D eigenvalue weighted by atomic mass is 35.5. The van der Waals surface area contributed by atoms with Gasteiger partial charge in [0.1, 0.15) is 0 Å². The number of rotatable bonds is 6. The number of ether oxygens (including phenoxy) is 1. The molecule has 1 atom stereocenters. The summed E-state index contributed by atoms with van der Waals surface area (Å²) in [5.41, 5.74) is 4.03. The first-order valence-electron chi connectivity index (χ1n) is 10.4. The van der Waals surface area contributed by atoms with Gasteiger partial charge in [0.05, 0.1) is 16.8 Å². The average molecular weight is 444 g/mol. The fourth-order valence-corrected chi connectivity index (χ4v) is 3.76. The molecule has 0 radical (unpaired) electrons. The zero-order valence-electron chi connectivity index (χ0n) is 17.8. The molecule has 0 saturated carbocycles. The Morgan fingerprint density at radius 3 is 2.38 bits per heavy atom. The maximum absolute atomic E-state index is 13.3. The number of aromatic nitrogens is 1. The van der Waals surface area contributed by atoms with Gasteiger partial charge in [-0.3, -0.25) is 4.79 Å². The molecule has 0 aliphatic rings. The van der Waals surface area contributed by atoms with Crippen LogP contribution in [0.4, 0.5) is 0 Å². The van der Waals surface area contributed by atoms with Crippen LogP contribution in [0.15, 0.2) is 78.9 Å². The summed E-state index contributed by atoms with van der Waals surface area (Å²) in [6.45, 7) is 3.77. The summed E-state index contributed by atoms with van der Waals surface area (Å²) in [6.07, 6.45) is -0.483. The fourth-order valence-electron chi connectivity index (χ4n) is 3.63. The molecule has 0 aliphatic heterocycles. The van der Waals surface area contributed by atoms with Crippen LogP contribution in [0.1, 0.15) is 39.6 Å². The van der Waals surface area contributed by atoms with Gasteiger partial charge in [-0.05, 0) is 37.1 Å². The van der Waals surface area contributed by atoms with Crippen molar-refractivity contribution in [3.8, 4) is 11.3 Å². The second kappa shape index (κ2) is 9.33. The van der Waals surface area contributed by atoms with E-state index in [4.69, 9.17) is 21.3 Å². The molecule has 3 aromatic carbocycles. The Bertz CT molecular complexity index is 1280. The van der Waals surface area contributed by atoms with E-state index in [2.05, 4.69) is 0 Å². The van der Waals surface area contributed by atoms with Crippen molar-refractivity contribution in [2.24, 2.45) is 0 Å². The number of carbonyl (C=O) groups excluding carboxylic acids is 2. The molecule has 1 heterocycles. The Morgan fingerprint density at radius 2 is 1.69 bits per heavy atom. The van der Waals surface area contributed by atoms with E-state index in [1.54, 1.807) is 42.5 Å². The van der Waals surface area contributed by atoms with Crippen LogP contribution in [0.2, 0.25) is 5.02 Å². The van der Waals surface area contributed by atoms with Gasteiger partial charge in [0.25, 0.3) is 0 Å². The second-order valence-corrected chi connectivity index (χ2v) is 8.00. The molecule has 4 nitrogen and oxygen atoms in total. The van der Waals surface area contributed by atoms with Crippen molar-refractivity contribution in [2.45, 2.75) is 26.4 Å². The first kappa shape index (κ1) is 21.7. The van der Waals surface area contributed by atoms with Crippen molar-refractivity contribution in [3.05, 3.63) is 101 Å². The summed E-state index contributed by atoms with van der Waals surface area (Å²) in [5.74, 6) is -0.761. The number of fused-ring (bicyclic) bond motifs is 1. The molecule has 0 bridgehead atoms. The summed E-state index contributed by atoms with van der Waals surface area (Å²) in [5, 5.41) is 1.31. The van der Waals surface area contributed by atoms with Gasteiger partial charge in [-0.2, -0.15) is 0 Å². The molecule has 4 aromatic rings. The average Bonchev–Trinajstić information content (AvgIpc) is 2.82. The summed E-state index contributed by atoms with van der Waals surface area (Å²) in [7, 11) is 0. The number of nitrogens with zero attached hydrogens (tertiary/aromatic N) is 1. The van der Waals surface area contributed by atoms with Gasteiger partial charge in [-0.15, -0.1) is 0 Å². The largest absolute Gasteiger partial charge is 0.450 e. The van der Waals surface area contributed by atoms with E-state index in [1.807, 2.05) is 50.2 Å². The molecule has 4 rings (SSSR count). The number of carbonyl (C=O) groups is 2. The number of para-hydroxylation sites is 1. The number of halogens is 1. The molecule has 0 fully saturated rings. The molecule has 160 valence electrons. The molecular weight excluding hydrogens is 422 g/mol. The third-order valence-corrected chi connectivity index (χ3v) is 5.62. The van der Waals surface area contributed by atoms with Crippen molar-refractivity contribution < 1.29 is 14.3 Å². The molecule has 0 saturated heterocycles. The Kier molecular flexibility index (Phi) is 6.33. The monoisotopic (exact) mass is 443 g/mol. The van der Waals surface area contributed by atoms with E-state index in [0.29, 0.717) is 39.2 Å². The van der Waals surface area contributed by atoms with Crippen LogP contribution >= 0.6 is 11.6 Å². The van der Waals surface area contributed by atoms with Gasteiger partial charge in [0.15, 0.2) is 6.10 Å². The van der Waals surface area contributed by atoms with Crippen LogP contribution in [-0.4, -0.2) is 22.8 Å². The topological polar surface area (TPSA) is 56.3 Å². The summed E-state index contributed by atoms with van der Waals surface area (Å²) >= 11 is 6.03. The van der Waals surface area contributed by atoms with Crippen LogP contribution in [0.3, 0.4) is 0 Å². The van der Waals surface area contributed by atoms with E-state index in [0.717, 1.165) is 11.1 Å². The number of ketones is 1.